The molecule has 0 bridgehead atoms. The molecule has 2 rings (SSSR count). The van der Waals surface area contributed by atoms with Crippen molar-refractivity contribution in [3.8, 4) is 0 Å². The molecule has 1 aliphatic heterocycles. The molecule has 110 valence electrons. The predicted octanol–water partition coefficient (Wildman–Crippen LogP) is 1.20. The Labute approximate surface area is 117 Å². The molecule has 2 N–H and O–H groups in total. The van der Waals surface area contributed by atoms with Crippen LogP contribution in [0.15, 0.2) is 6.07 Å². The number of rotatable bonds is 2. The van der Waals surface area contributed by atoms with E-state index in [2.05, 4.69) is 5.10 Å². The fraction of sp³-hybridized carbons (Fsp3) is 0.615. The van der Waals surface area contributed by atoms with E-state index >= 15 is 0 Å². The Balaban J connectivity index is 2.12. The van der Waals surface area contributed by atoms with Gasteiger partial charge < -0.3 is 10.5 Å². The summed E-state index contributed by atoms with van der Waals surface area (Å²) < 4.78 is 6.77. The van der Waals surface area contributed by atoms with Gasteiger partial charge in [-0.3, -0.25) is 14.4 Å². The van der Waals surface area contributed by atoms with Crippen LogP contribution < -0.4 is 5.73 Å². The van der Waals surface area contributed by atoms with Crippen LogP contribution in [0.4, 0.5) is 4.79 Å². The van der Waals surface area contributed by atoms with Crippen molar-refractivity contribution in [1.29, 1.82) is 0 Å². The van der Waals surface area contributed by atoms with Gasteiger partial charge in [-0.15, -0.1) is 0 Å². The Morgan fingerprint density at radius 3 is 2.50 bits per heavy atom. The summed E-state index contributed by atoms with van der Waals surface area (Å²) in [5.74, 6) is -0.533. The molecule has 0 aliphatic carbocycles. The van der Waals surface area contributed by atoms with Crippen LogP contribution in [0.5, 0.6) is 0 Å². The summed E-state index contributed by atoms with van der Waals surface area (Å²) in [6.07, 6.45) is 0.439. The number of primary amides is 1. The molecule has 1 aromatic heterocycles. The lowest BCUT2D eigenvalue weighted by molar-refractivity contribution is -0.00661. The third-order valence-electron chi connectivity index (χ3n) is 3.14. The predicted molar refractivity (Wildman–Crippen MR) is 72.0 cm³/mol. The Morgan fingerprint density at radius 2 is 2.10 bits per heavy atom. The van der Waals surface area contributed by atoms with Crippen molar-refractivity contribution in [3.63, 3.8) is 0 Å². The lowest BCUT2D eigenvalue weighted by Crippen LogP contribution is -2.47. The first kappa shape index (κ1) is 14.4. The number of nitrogens with two attached hydrogens (primary N) is 1. The van der Waals surface area contributed by atoms with E-state index in [0.717, 1.165) is 6.42 Å². The highest BCUT2D eigenvalue weighted by molar-refractivity contribution is 5.91. The Morgan fingerprint density at radius 1 is 1.45 bits per heavy atom. The average molecular weight is 280 g/mol. The molecule has 2 heterocycles. The molecule has 20 heavy (non-hydrogen) atoms. The third-order valence-corrected chi connectivity index (χ3v) is 3.14. The van der Waals surface area contributed by atoms with Crippen molar-refractivity contribution < 1.29 is 14.3 Å². The van der Waals surface area contributed by atoms with E-state index in [1.54, 1.807) is 18.0 Å². The highest BCUT2D eigenvalue weighted by Crippen LogP contribution is 2.33. The molecule has 0 aromatic carbocycles. The van der Waals surface area contributed by atoms with Gasteiger partial charge in [0.25, 0.3) is 5.91 Å². The zero-order valence-corrected chi connectivity index (χ0v) is 12.2. The van der Waals surface area contributed by atoms with Crippen LogP contribution in [-0.2, 0) is 11.8 Å². The van der Waals surface area contributed by atoms with Gasteiger partial charge in [0, 0.05) is 13.6 Å². The van der Waals surface area contributed by atoms with E-state index in [9.17, 15) is 9.59 Å². The second-order valence-corrected chi connectivity index (χ2v) is 5.92. The SMILES string of the molecule is Cn1nc(C2CCN2C(=O)OC(C)(C)C)cc1C(N)=O. The van der Waals surface area contributed by atoms with Gasteiger partial charge in [0.05, 0.1) is 11.7 Å². The quantitative estimate of drug-likeness (QED) is 0.881. The van der Waals surface area contributed by atoms with Gasteiger partial charge in [-0.05, 0) is 33.3 Å². The summed E-state index contributed by atoms with van der Waals surface area (Å²) in [4.78, 5) is 24.9. The average Bonchev–Trinajstić information content (AvgIpc) is 2.54. The van der Waals surface area contributed by atoms with Crippen molar-refractivity contribution in [2.24, 2.45) is 12.8 Å². The minimum atomic E-state index is -0.533. The van der Waals surface area contributed by atoms with Crippen molar-refractivity contribution in [3.05, 3.63) is 17.5 Å². The second-order valence-electron chi connectivity index (χ2n) is 5.92. The van der Waals surface area contributed by atoms with E-state index in [1.165, 1.54) is 4.68 Å². The van der Waals surface area contributed by atoms with Gasteiger partial charge >= 0.3 is 6.09 Å². The van der Waals surface area contributed by atoms with E-state index in [4.69, 9.17) is 10.5 Å². The molecule has 0 spiro atoms. The molecule has 1 aliphatic rings. The first-order valence-corrected chi connectivity index (χ1v) is 6.52. The molecule has 0 saturated carbocycles. The topological polar surface area (TPSA) is 90.4 Å². The monoisotopic (exact) mass is 280 g/mol. The van der Waals surface area contributed by atoms with Crippen LogP contribution in [0, 0.1) is 0 Å². The maximum atomic E-state index is 12.0. The number of carbonyl (C=O) groups is 2. The molecule has 1 fully saturated rings. The summed E-state index contributed by atoms with van der Waals surface area (Å²) >= 11 is 0. The number of amides is 2. The second kappa shape index (κ2) is 4.81. The van der Waals surface area contributed by atoms with Crippen molar-refractivity contribution in [2.75, 3.05) is 6.54 Å². The van der Waals surface area contributed by atoms with E-state index < -0.39 is 11.5 Å². The number of aromatic nitrogens is 2. The number of hydrogen-bond donors (Lipinski definition) is 1. The van der Waals surface area contributed by atoms with Crippen LogP contribution >= 0.6 is 0 Å². The Bertz CT molecular complexity index is 544. The smallest absolute Gasteiger partial charge is 0.410 e. The highest BCUT2D eigenvalue weighted by Gasteiger charge is 2.38. The molecular weight excluding hydrogens is 260 g/mol. The summed E-state index contributed by atoms with van der Waals surface area (Å²) in [5.41, 5.74) is 5.73. The fourth-order valence-corrected chi connectivity index (χ4v) is 2.12. The number of aryl methyl sites for hydroxylation is 1. The summed E-state index contributed by atoms with van der Waals surface area (Å²) in [7, 11) is 1.65. The van der Waals surface area contributed by atoms with Crippen molar-refractivity contribution >= 4 is 12.0 Å². The lowest BCUT2D eigenvalue weighted by Gasteiger charge is -2.40. The molecule has 2 amide bonds. The standard InChI is InChI=1S/C13H20N4O3/c1-13(2,3)20-12(19)17-6-5-9(17)8-7-10(11(14)18)16(4)15-8/h7,9H,5-6H2,1-4H3,(H2,14,18). The van der Waals surface area contributed by atoms with E-state index in [1.807, 2.05) is 20.8 Å². The van der Waals surface area contributed by atoms with E-state index in [-0.39, 0.29) is 12.1 Å². The summed E-state index contributed by atoms with van der Waals surface area (Å²) in [5, 5.41) is 4.25. The number of ether oxygens (including phenoxy) is 1. The molecular formula is C13H20N4O3. The molecule has 1 unspecified atom stereocenters. The first-order valence-electron chi connectivity index (χ1n) is 6.52. The number of carbonyl (C=O) groups excluding carboxylic acids is 2. The highest BCUT2D eigenvalue weighted by atomic mass is 16.6. The van der Waals surface area contributed by atoms with Crippen LogP contribution in [0.2, 0.25) is 0 Å². The molecule has 0 radical (unpaired) electrons. The molecule has 1 atom stereocenters. The minimum absolute atomic E-state index is 0.149. The number of hydrogen-bond acceptors (Lipinski definition) is 4. The van der Waals surface area contributed by atoms with Crippen molar-refractivity contribution in [1.82, 2.24) is 14.7 Å². The Hall–Kier alpha value is -2.05. The van der Waals surface area contributed by atoms with Crippen LogP contribution in [0.3, 0.4) is 0 Å². The van der Waals surface area contributed by atoms with Gasteiger partial charge in [0.15, 0.2) is 0 Å². The maximum absolute atomic E-state index is 12.0. The first-order chi connectivity index (χ1) is 9.19. The van der Waals surface area contributed by atoms with Crippen LogP contribution in [0.25, 0.3) is 0 Å². The Kier molecular flexibility index (Phi) is 3.45. The molecule has 7 heteroatoms. The van der Waals surface area contributed by atoms with Crippen LogP contribution in [-0.4, -0.2) is 38.8 Å². The van der Waals surface area contributed by atoms with E-state index in [0.29, 0.717) is 17.9 Å². The molecule has 1 aromatic rings. The number of likely N-dealkylation sites (tertiary alicyclic amines) is 1. The van der Waals surface area contributed by atoms with Gasteiger partial charge in [0.2, 0.25) is 0 Å². The third kappa shape index (κ3) is 2.76. The van der Waals surface area contributed by atoms with Gasteiger partial charge in [-0.2, -0.15) is 5.10 Å². The van der Waals surface area contributed by atoms with Gasteiger partial charge in [-0.1, -0.05) is 0 Å². The fourth-order valence-electron chi connectivity index (χ4n) is 2.12. The van der Waals surface area contributed by atoms with Gasteiger partial charge in [0.1, 0.15) is 11.3 Å². The van der Waals surface area contributed by atoms with Gasteiger partial charge in [-0.25, -0.2) is 4.79 Å². The largest absolute Gasteiger partial charge is 0.444 e. The summed E-state index contributed by atoms with van der Waals surface area (Å²) in [6.45, 7) is 6.10. The van der Waals surface area contributed by atoms with Crippen LogP contribution in [0.1, 0.15) is 49.4 Å². The van der Waals surface area contributed by atoms with Crippen molar-refractivity contribution in [2.45, 2.75) is 38.8 Å². The maximum Gasteiger partial charge on any atom is 0.410 e. The molecule has 7 nitrogen and oxygen atoms in total. The molecule has 1 saturated heterocycles. The normalized spacial score (nSPS) is 18.6. The lowest BCUT2D eigenvalue weighted by atomic mass is 10.0. The number of nitrogens with zero attached hydrogens (tertiary/aromatic N) is 3. The minimum Gasteiger partial charge on any atom is -0.444 e. The summed E-state index contributed by atoms with van der Waals surface area (Å²) in [6, 6.07) is 1.48. The zero-order chi connectivity index (χ0) is 15.1. The zero-order valence-electron chi connectivity index (χ0n) is 12.2.